The van der Waals surface area contributed by atoms with E-state index in [9.17, 15) is 4.79 Å². The molecule has 1 fully saturated rings. The number of unbranched alkanes of at least 4 members (excludes halogenated alkanes) is 1. The van der Waals surface area contributed by atoms with Crippen LogP contribution in [0.25, 0.3) is 16.9 Å². The SMILES string of the molecule is CCCCN1CCCc2ccc(-n3cnc(C(=O)N4CCNC[C@H]4Cc4ccccc4)c3-c3ccccc3)cc21. The molecule has 2 aliphatic heterocycles. The highest BCUT2D eigenvalue weighted by Gasteiger charge is 2.32. The second kappa shape index (κ2) is 12.1. The number of hydrogen-bond donors (Lipinski definition) is 1. The third-order valence-corrected chi connectivity index (χ3v) is 8.29. The first-order valence-electron chi connectivity index (χ1n) is 14.8. The Labute approximate surface area is 237 Å². The first kappa shape index (κ1) is 26.3. The van der Waals surface area contributed by atoms with Gasteiger partial charge in [-0.25, -0.2) is 4.98 Å². The molecule has 206 valence electrons. The Hall–Kier alpha value is -3.90. The molecule has 1 aromatic heterocycles. The van der Waals surface area contributed by atoms with Gasteiger partial charge in [-0.05, 0) is 48.9 Å². The molecule has 6 nitrogen and oxygen atoms in total. The second-order valence-electron chi connectivity index (χ2n) is 11.0. The van der Waals surface area contributed by atoms with Crippen LogP contribution in [-0.4, -0.2) is 59.1 Å². The molecule has 1 saturated heterocycles. The number of piperazine rings is 1. The number of carbonyl (C=O) groups excluding carboxylic acids is 1. The summed E-state index contributed by atoms with van der Waals surface area (Å²) in [4.78, 5) is 23.6. The van der Waals surface area contributed by atoms with E-state index < -0.39 is 0 Å². The summed E-state index contributed by atoms with van der Waals surface area (Å²) in [6, 6.07) is 27.5. The quantitative estimate of drug-likeness (QED) is 0.313. The van der Waals surface area contributed by atoms with Crippen molar-refractivity contribution in [3.05, 3.63) is 102 Å². The van der Waals surface area contributed by atoms with Gasteiger partial charge in [0.25, 0.3) is 5.91 Å². The highest BCUT2D eigenvalue weighted by atomic mass is 16.2. The molecule has 0 unspecified atom stereocenters. The molecular weight excluding hydrogens is 494 g/mol. The van der Waals surface area contributed by atoms with Crippen LogP contribution in [0.4, 0.5) is 5.69 Å². The first-order chi connectivity index (χ1) is 19.7. The second-order valence-corrected chi connectivity index (χ2v) is 11.0. The van der Waals surface area contributed by atoms with Gasteiger partial charge in [0.05, 0.1) is 5.69 Å². The first-order valence-corrected chi connectivity index (χ1v) is 14.8. The molecule has 0 aliphatic carbocycles. The molecule has 6 rings (SSSR count). The average molecular weight is 534 g/mol. The van der Waals surface area contributed by atoms with Gasteiger partial charge in [0.15, 0.2) is 5.69 Å². The summed E-state index contributed by atoms with van der Waals surface area (Å²) in [6.07, 6.45) is 7.35. The van der Waals surface area contributed by atoms with Crippen molar-refractivity contribution in [1.82, 2.24) is 19.8 Å². The number of benzene rings is 3. The van der Waals surface area contributed by atoms with Crippen molar-refractivity contribution in [2.45, 2.75) is 45.1 Å². The monoisotopic (exact) mass is 533 g/mol. The number of fused-ring (bicyclic) bond motifs is 1. The highest BCUT2D eigenvalue weighted by Crippen LogP contribution is 2.33. The van der Waals surface area contributed by atoms with Crippen LogP contribution >= 0.6 is 0 Å². The number of amides is 1. The Kier molecular flexibility index (Phi) is 7.96. The molecule has 1 N–H and O–H groups in total. The van der Waals surface area contributed by atoms with Gasteiger partial charge in [0.2, 0.25) is 0 Å². The molecule has 40 heavy (non-hydrogen) atoms. The average Bonchev–Trinajstić information content (AvgIpc) is 3.46. The van der Waals surface area contributed by atoms with Crippen molar-refractivity contribution >= 4 is 11.6 Å². The van der Waals surface area contributed by atoms with Gasteiger partial charge in [-0.2, -0.15) is 0 Å². The van der Waals surface area contributed by atoms with Crippen molar-refractivity contribution in [3.8, 4) is 16.9 Å². The van der Waals surface area contributed by atoms with E-state index in [1.807, 2.05) is 35.5 Å². The Morgan fingerprint density at radius 3 is 2.60 bits per heavy atom. The van der Waals surface area contributed by atoms with Crippen molar-refractivity contribution in [3.63, 3.8) is 0 Å². The van der Waals surface area contributed by atoms with Gasteiger partial charge in [-0.15, -0.1) is 0 Å². The van der Waals surface area contributed by atoms with E-state index in [0.717, 1.165) is 56.0 Å². The Bertz CT molecular complexity index is 1430. The van der Waals surface area contributed by atoms with Crippen LogP contribution in [0.15, 0.2) is 85.2 Å². The lowest BCUT2D eigenvalue weighted by Crippen LogP contribution is -2.54. The van der Waals surface area contributed by atoms with Crippen LogP contribution in [0.5, 0.6) is 0 Å². The zero-order chi connectivity index (χ0) is 27.3. The van der Waals surface area contributed by atoms with Gasteiger partial charge in [0, 0.05) is 55.7 Å². The summed E-state index contributed by atoms with van der Waals surface area (Å²) in [7, 11) is 0. The van der Waals surface area contributed by atoms with Crippen molar-refractivity contribution < 1.29 is 4.79 Å². The van der Waals surface area contributed by atoms with Gasteiger partial charge in [-0.1, -0.05) is 80.1 Å². The molecule has 6 heteroatoms. The maximum absolute atomic E-state index is 14.3. The molecule has 3 heterocycles. The molecule has 1 amide bonds. The van der Waals surface area contributed by atoms with Crippen LogP contribution in [0.3, 0.4) is 0 Å². The molecular formula is C34H39N5O. The van der Waals surface area contributed by atoms with Crippen LogP contribution in [0, 0.1) is 0 Å². The summed E-state index contributed by atoms with van der Waals surface area (Å²) >= 11 is 0. The van der Waals surface area contributed by atoms with E-state index in [2.05, 4.69) is 76.3 Å². The summed E-state index contributed by atoms with van der Waals surface area (Å²) in [5, 5.41) is 3.49. The minimum atomic E-state index is 0.00238. The minimum absolute atomic E-state index is 0.00238. The predicted octanol–water partition coefficient (Wildman–Crippen LogP) is 5.75. The fourth-order valence-electron chi connectivity index (χ4n) is 6.18. The fourth-order valence-corrected chi connectivity index (χ4v) is 6.18. The third-order valence-electron chi connectivity index (χ3n) is 8.29. The lowest BCUT2D eigenvalue weighted by atomic mass is 10.00. The number of imidazole rings is 1. The minimum Gasteiger partial charge on any atom is -0.371 e. The van der Waals surface area contributed by atoms with E-state index in [1.165, 1.54) is 36.1 Å². The third kappa shape index (κ3) is 5.41. The van der Waals surface area contributed by atoms with Crippen molar-refractivity contribution in [1.29, 1.82) is 0 Å². The summed E-state index contributed by atoms with van der Waals surface area (Å²) in [5.41, 5.74) is 7.40. The fraction of sp³-hybridized carbons (Fsp3) is 0.353. The molecule has 0 bridgehead atoms. The molecule has 0 saturated carbocycles. The molecule has 0 radical (unpaired) electrons. The van der Waals surface area contributed by atoms with Crippen LogP contribution in [0.1, 0.15) is 47.8 Å². The van der Waals surface area contributed by atoms with Gasteiger partial charge in [0.1, 0.15) is 6.33 Å². The lowest BCUT2D eigenvalue weighted by molar-refractivity contribution is 0.0631. The number of nitrogens with zero attached hydrogens (tertiary/aromatic N) is 4. The van der Waals surface area contributed by atoms with E-state index in [1.54, 1.807) is 0 Å². The number of rotatable bonds is 8. The predicted molar refractivity (Wildman–Crippen MR) is 162 cm³/mol. The van der Waals surface area contributed by atoms with Crippen LogP contribution < -0.4 is 10.2 Å². The maximum atomic E-state index is 14.3. The van der Waals surface area contributed by atoms with Crippen molar-refractivity contribution in [2.75, 3.05) is 37.6 Å². The normalized spacial score (nSPS) is 17.1. The highest BCUT2D eigenvalue weighted by molar-refractivity contribution is 5.99. The van der Waals surface area contributed by atoms with E-state index >= 15 is 0 Å². The Balaban J connectivity index is 1.38. The zero-order valence-corrected chi connectivity index (χ0v) is 23.4. The van der Waals surface area contributed by atoms with E-state index in [-0.39, 0.29) is 11.9 Å². The Morgan fingerprint density at radius 1 is 1.00 bits per heavy atom. The summed E-state index contributed by atoms with van der Waals surface area (Å²) in [5.74, 6) is 0.00238. The van der Waals surface area contributed by atoms with Gasteiger partial charge < -0.3 is 15.1 Å². The van der Waals surface area contributed by atoms with E-state index in [4.69, 9.17) is 4.98 Å². The van der Waals surface area contributed by atoms with Gasteiger partial charge >= 0.3 is 0 Å². The number of hydrogen-bond acceptors (Lipinski definition) is 4. The largest absolute Gasteiger partial charge is 0.371 e. The standard InChI is InChI=1S/C34H39N5O/c1-2-3-19-37-20-10-15-27-16-17-29(23-31(27)37)39-25-36-32(33(39)28-13-8-5-9-14-28)34(40)38-21-18-35-24-30(38)22-26-11-6-4-7-12-26/h4-9,11-14,16-17,23,25,30,35H,2-3,10,15,18-22,24H2,1H3/t30-/m1/s1. The Morgan fingerprint density at radius 2 is 1.80 bits per heavy atom. The lowest BCUT2D eigenvalue weighted by Gasteiger charge is -2.36. The topological polar surface area (TPSA) is 53.4 Å². The molecule has 3 aromatic carbocycles. The summed E-state index contributed by atoms with van der Waals surface area (Å²) < 4.78 is 2.11. The molecule has 2 aliphatic rings. The van der Waals surface area contributed by atoms with Gasteiger partial charge in [-0.3, -0.25) is 9.36 Å². The van der Waals surface area contributed by atoms with Crippen molar-refractivity contribution in [2.24, 2.45) is 0 Å². The van der Waals surface area contributed by atoms with Crippen LogP contribution in [0.2, 0.25) is 0 Å². The zero-order valence-electron chi connectivity index (χ0n) is 23.4. The maximum Gasteiger partial charge on any atom is 0.275 e. The molecule has 0 spiro atoms. The summed E-state index contributed by atoms with van der Waals surface area (Å²) in [6.45, 7) is 6.67. The number of aryl methyl sites for hydroxylation is 1. The van der Waals surface area contributed by atoms with Crippen LogP contribution in [-0.2, 0) is 12.8 Å². The number of aromatic nitrogens is 2. The number of anilines is 1. The van der Waals surface area contributed by atoms with E-state index in [0.29, 0.717) is 12.2 Å². The molecule has 1 atom stereocenters. The smallest absolute Gasteiger partial charge is 0.275 e. The number of nitrogens with one attached hydrogen (secondary N) is 1. The number of carbonyl (C=O) groups is 1. The molecule has 4 aromatic rings.